The van der Waals surface area contributed by atoms with E-state index in [1.807, 2.05) is 24.3 Å². The monoisotopic (exact) mass is 233 g/mol. The first-order valence-corrected chi connectivity index (χ1v) is 5.46. The molecule has 0 saturated heterocycles. The zero-order chi connectivity index (χ0) is 12.1. The Labute approximate surface area is 99.5 Å². The Hall–Kier alpha value is -1.72. The van der Waals surface area contributed by atoms with Crippen molar-refractivity contribution in [3.8, 4) is 0 Å². The highest BCUT2D eigenvalue weighted by molar-refractivity contribution is 5.21. The average molecular weight is 233 g/mol. The Morgan fingerprint density at radius 3 is 2.47 bits per heavy atom. The van der Waals surface area contributed by atoms with E-state index in [1.165, 1.54) is 0 Å². The van der Waals surface area contributed by atoms with Gasteiger partial charge in [-0.05, 0) is 18.1 Å². The fourth-order valence-electron chi connectivity index (χ4n) is 1.49. The fraction of sp³-hybridized carbons (Fsp3) is 0.333. The molecule has 0 saturated carbocycles. The molecule has 0 spiro atoms. The van der Waals surface area contributed by atoms with E-state index in [0.717, 1.165) is 17.7 Å². The van der Waals surface area contributed by atoms with Crippen LogP contribution in [0.2, 0.25) is 0 Å². The highest BCUT2D eigenvalue weighted by atomic mass is 16.5. The maximum atomic E-state index is 8.91. The highest BCUT2D eigenvalue weighted by Gasteiger charge is 2.01. The van der Waals surface area contributed by atoms with Crippen LogP contribution in [0.25, 0.3) is 0 Å². The molecule has 1 aromatic carbocycles. The van der Waals surface area contributed by atoms with Crippen molar-refractivity contribution in [2.24, 2.45) is 0 Å². The smallest absolute Gasteiger partial charge is 0.240 e. The van der Waals surface area contributed by atoms with Gasteiger partial charge in [0.2, 0.25) is 5.89 Å². The molecule has 0 aliphatic rings. The van der Waals surface area contributed by atoms with Crippen LogP contribution in [0.1, 0.15) is 22.8 Å². The van der Waals surface area contributed by atoms with E-state index in [2.05, 4.69) is 15.5 Å². The van der Waals surface area contributed by atoms with Crippen molar-refractivity contribution in [2.45, 2.75) is 26.6 Å². The molecule has 0 amide bonds. The minimum absolute atomic E-state index is 0.0783. The van der Waals surface area contributed by atoms with Gasteiger partial charge in [0.1, 0.15) is 0 Å². The van der Waals surface area contributed by atoms with E-state index in [9.17, 15) is 0 Å². The Balaban J connectivity index is 1.81. The first-order valence-electron chi connectivity index (χ1n) is 5.46. The summed E-state index contributed by atoms with van der Waals surface area (Å²) in [5, 5.41) is 15.8. The van der Waals surface area contributed by atoms with Crippen LogP contribution in [-0.2, 0) is 19.7 Å². The Kier molecular flexibility index (Phi) is 3.85. The zero-order valence-electron chi connectivity index (χ0n) is 9.68. The van der Waals surface area contributed by atoms with E-state index < -0.39 is 0 Å². The summed E-state index contributed by atoms with van der Waals surface area (Å²) in [6.07, 6.45) is 0. The summed E-state index contributed by atoms with van der Waals surface area (Å²) in [4.78, 5) is 4.10. The zero-order valence-corrected chi connectivity index (χ0v) is 9.68. The molecule has 2 N–H and O–H groups in total. The van der Waals surface area contributed by atoms with E-state index in [1.54, 1.807) is 6.92 Å². The number of aliphatic hydroxyl groups is 1. The lowest BCUT2D eigenvalue weighted by atomic mass is 10.1. The number of nitrogens with one attached hydrogen (secondary N) is 1. The normalized spacial score (nSPS) is 10.7. The van der Waals surface area contributed by atoms with Crippen LogP contribution >= 0.6 is 0 Å². The van der Waals surface area contributed by atoms with Crippen molar-refractivity contribution < 1.29 is 9.63 Å². The van der Waals surface area contributed by atoms with E-state index in [4.69, 9.17) is 9.63 Å². The Bertz CT molecular complexity index is 465. The van der Waals surface area contributed by atoms with E-state index in [-0.39, 0.29) is 6.61 Å². The number of aryl methyl sites for hydroxylation is 1. The molecule has 0 bridgehead atoms. The molecule has 0 unspecified atom stereocenters. The predicted octanol–water partition coefficient (Wildman–Crippen LogP) is 1.16. The van der Waals surface area contributed by atoms with Gasteiger partial charge in [0, 0.05) is 6.54 Å². The molecule has 0 aliphatic heterocycles. The molecular weight excluding hydrogens is 218 g/mol. The summed E-state index contributed by atoms with van der Waals surface area (Å²) in [5.74, 6) is 1.24. The summed E-state index contributed by atoms with van der Waals surface area (Å²) >= 11 is 0. The number of aromatic nitrogens is 2. The first-order chi connectivity index (χ1) is 8.28. The molecule has 90 valence electrons. The molecule has 17 heavy (non-hydrogen) atoms. The number of hydrogen-bond acceptors (Lipinski definition) is 5. The van der Waals surface area contributed by atoms with Crippen molar-refractivity contribution in [3.05, 3.63) is 47.1 Å². The lowest BCUT2D eigenvalue weighted by molar-refractivity contribution is 0.282. The summed E-state index contributed by atoms with van der Waals surface area (Å²) in [7, 11) is 0. The Morgan fingerprint density at radius 2 is 1.88 bits per heavy atom. The lowest BCUT2D eigenvalue weighted by Gasteiger charge is -2.03. The van der Waals surface area contributed by atoms with Crippen molar-refractivity contribution in [1.29, 1.82) is 0 Å². The van der Waals surface area contributed by atoms with E-state index >= 15 is 0 Å². The third-order valence-electron chi connectivity index (χ3n) is 2.38. The second-order valence-corrected chi connectivity index (χ2v) is 3.81. The van der Waals surface area contributed by atoms with Crippen molar-refractivity contribution >= 4 is 0 Å². The second kappa shape index (κ2) is 5.56. The maximum Gasteiger partial charge on any atom is 0.240 e. The summed E-state index contributed by atoms with van der Waals surface area (Å²) in [6.45, 7) is 3.16. The van der Waals surface area contributed by atoms with Crippen LogP contribution in [-0.4, -0.2) is 15.2 Å². The lowest BCUT2D eigenvalue weighted by Crippen LogP contribution is -2.12. The van der Waals surface area contributed by atoms with Gasteiger partial charge in [-0.2, -0.15) is 4.98 Å². The molecule has 2 rings (SSSR count). The largest absolute Gasteiger partial charge is 0.392 e. The molecule has 2 aromatic rings. The van der Waals surface area contributed by atoms with Gasteiger partial charge in [0.15, 0.2) is 5.82 Å². The molecular formula is C12H15N3O2. The average Bonchev–Trinajstić information content (AvgIpc) is 2.76. The summed E-state index contributed by atoms with van der Waals surface area (Å²) < 4.78 is 4.98. The van der Waals surface area contributed by atoms with Crippen molar-refractivity contribution in [3.63, 3.8) is 0 Å². The van der Waals surface area contributed by atoms with Crippen LogP contribution in [0.5, 0.6) is 0 Å². The van der Waals surface area contributed by atoms with Gasteiger partial charge < -0.3 is 14.9 Å². The topological polar surface area (TPSA) is 71.2 Å². The minimum Gasteiger partial charge on any atom is -0.392 e. The molecule has 0 aliphatic carbocycles. The third-order valence-corrected chi connectivity index (χ3v) is 2.38. The second-order valence-electron chi connectivity index (χ2n) is 3.81. The van der Waals surface area contributed by atoms with Crippen LogP contribution in [0, 0.1) is 6.92 Å². The molecule has 0 radical (unpaired) electrons. The number of rotatable bonds is 5. The van der Waals surface area contributed by atoms with E-state index in [0.29, 0.717) is 18.3 Å². The van der Waals surface area contributed by atoms with Gasteiger partial charge >= 0.3 is 0 Å². The predicted molar refractivity (Wildman–Crippen MR) is 61.9 cm³/mol. The number of hydrogen-bond donors (Lipinski definition) is 2. The first kappa shape index (κ1) is 11.8. The number of aliphatic hydroxyl groups excluding tert-OH is 1. The van der Waals surface area contributed by atoms with Crippen LogP contribution in [0.4, 0.5) is 0 Å². The van der Waals surface area contributed by atoms with Crippen molar-refractivity contribution in [1.82, 2.24) is 15.5 Å². The number of nitrogens with zero attached hydrogens (tertiary/aromatic N) is 2. The molecule has 5 nitrogen and oxygen atoms in total. The standard InChI is InChI=1S/C12H15N3O2/c1-9-14-12(17-15-9)7-13-6-10-2-4-11(8-16)5-3-10/h2-5,13,16H,6-8H2,1H3. The quantitative estimate of drug-likeness (QED) is 0.811. The molecule has 5 heteroatoms. The van der Waals surface area contributed by atoms with Gasteiger partial charge in [-0.3, -0.25) is 0 Å². The maximum absolute atomic E-state index is 8.91. The third kappa shape index (κ3) is 3.37. The SMILES string of the molecule is Cc1noc(CNCc2ccc(CO)cc2)n1. The van der Waals surface area contributed by atoms with Gasteiger partial charge in [-0.15, -0.1) is 0 Å². The Morgan fingerprint density at radius 1 is 1.18 bits per heavy atom. The fourth-order valence-corrected chi connectivity index (χ4v) is 1.49. The molecule has 1 heterocycles. The van der Waals surface area contributed by atoms with Crippen LogP contribution in [0.15, 0.2) is 28.8 Å². The minimum atomic E-state index is 0.0783. The summed E-state index contributed by atoms with van der Waals surface area (Å²) in [6, 6.07) is 7.79. The van der Waals surface area contributed by atoms with Gasteiger partial charge in [-0.1, -0.05) is 29.4 Å². The van der Waals surface area contributed by atoms with Crippen LogP contribution in [0.3, 0.4) is 0 Å². The number of benzene rings is 1. The molecule has 0 fully saturated rings. The van der Waals surface area contributed by atoms with Gasteiger partial charge in [-0.25, -0.2) is 0 Å². The van der Waals surface area contributed by atoms with Crippen LogP contribution < -0.4 is 5.32 Å². The van der Waals surface area contributed by atoms with Gasteiger partial charge in [0.25, 0.3) is 0 Å². The molecule has 1 aromatic heterocycles. The molecule has 0 atom stereocenters. The van der Waals surface area contributed by atoms with Crippen molar-refractivity contribution in [2.75, 3.05) is 0 Å². The summed E-state index contributed by atoms with van der Waals surface area (Å²) in [5.41, 5.74) is 2.07. The van der Waals surface area contributed by atoms with Gasteiger partial charge in [0.05, 0.1) is 13.2 Å². The highest BCUT2D eigenvalue weighted by Crippen LogP contribution is 2.04.